The van der Waals surface area contributed by atoms with Gasteiger partial charge in [0.05, 0.1) is 70.2 Å². The van der Waals surface area contributed by atoms with Crippen LogP contribution in [0.25, 0.3) is 50.7 Å². The van der Waals surface area contributed by atoms with Crippen molar-refractivity contribution in [3.63, 3.8) is 0 Å². The SMILES string of the molecule is COc1cc(-c2cnc3cc(F)ccn23)cc(OC(F)F)c1C(=O)CC1CC1.COc1cc(-c2cnc3cc(OC[C@H]4CCCN(C(=O)OC(C)(C)C)C4)ccn23)cc(OC(F)F)c1C(=O)CC1CC1.COc1cc(-c2cnc3cc(OC[C@H]4CCCNC4)ccn23)cc(OC(F)F)c1C(=O)CC1CC1. The topological polar surface area (TPSA) is 219 Å². The smallest absolute Gasteiger partial charge is 0.410 e. The van der Waals surface area contributed by atoms with Crippen LogP contribution in [0.4, 0.5) is 35.5 Å². The first-order valence-electron chi connectivity index (χ1n) is 35.1. The number of imidazole rings is 3. The van der Waals surface area contributed by atoms with Crippen molar-refractivity contribution in [1.29, 1.82) is 0 Å². The normalized spacial score (nSPS) is 16.7. The molecule has 1 N–H and O–H groups in total. The minimum atomic E-state index is -3.10. The van der Waals surface area contributed by atoms with Gasteiger partial charge >= 0.3 is 25.9 Å². The van der Waals surface area contributed by atoms with Gasteiger partial charge in [-0.15, -0.1) is 0 Å². The van der Waals surface area contributed by atoms with E-state index in [1.807, 2.05) is 43.5 Å². The van der Waals surface area contributed by atoms with Crippen molar-refractivity contribution < 1.29 is 92.5 Å². The lowest BCUT2D eigenvalue weighted by Gasteiger charge is -2.34. The van der Waals surface area contributed by atoms with E-state index in [1.165, 1.54) is 64.1 Å². The third-order valence-electron chi connectivity index (χ3n) is 18.7. The Morgan fingerprint density at radius 3 is 1.25 bits per heavy atom. The molecule has 0 radical (unpaired) electrons. The van der Waals surface area contributed by atoms with Crippen LogP contribution < -0.4 is 43.2 Å². The highest BCUT2D eigenvalue weighted by Crippen LogP contribution is 2.45. The molecule has 28 heteroatoms. The summed E-state index contributed by atoms with van der Waals surface area (Å²) in [4.78, 5) is 65.8. The van der Waals surface area contributed by atoms with Crippen LogP contribution in [-0.2, 0) is 4.74 Å². The minimum Gasteiger partial charge on any atom is -0.496 e. The number of ketones is 3. The lowest BCUT2D eigenvalue weighted by Crippen LogP contribution is -2.44. The van der Waals surface area contributed by atoms with Crippen molar-refractivity contribution in [1.82, 2.24) is 38.4 Å². The number of alkyl halides is 6. The number of aromatic nitrogens is 6. The zero-order valence-electron chi connectivity index (χ0n) is 59.0. The molecule has 0 unspecified atom stereocenters. The van der Waals surface area contributed by atoms with Crippen molar-refractivity contribution in [2.75, 3.05) is 60.7 Å². The van der Waals surface area contributed by atoms with E-state index < -0.39 is 31.3 Å². The summed E-state index contributed by atoms with van der Waals surface area (Å²) in [5, 5.41) is 3.39. The summed E-state index contributed by atoms with van der Waals surface area (Å²) in [5.74, 6) is 1.49. The van der Waals surface area contributed by atoms with Gasteiger partial charge in [-0.25, -0.2) is 24.1 Å². The van der Waals surface area contributed by atoms with Gasteiger partial charge in [0.25, 0.3) is 0 Å². The molecular formula is C77H83F7N8O13. The molecule has 2 aliphatic heterocycles. The van der Waals surface area contributed by atoms with Crippen molar-refractivity contribution in [3.8, 4) is 79.8 Å². The lowest BCUT2D eigenvalue weighted by molar-refractivity contribution is -0.0509. The Balaban J connectivity index is 0.000000151. The molecule has 2 saturated heterocycles. The van der Waals surface area contributed by atoms with E-state index in [4.69, 9.17) is 37.9 Å². The highest BCUT2D eigenvalue weighted by molar-refractivity contribution is 6.04. The van der Waals surface area contributed by atoms with Crippen LogP contribution in [0.3, 0.4) is 0 Å². The predicted octanol–water partition coefficient (Wildman–Crippen LogP) is 16.3. The molecule has 0 bridgehead atoms. The first-order valence-corrected chi connectivity index (χ1v) is 35.1. The van der Waals surface area contributed by atoms with Gasteiger partial charge in [-0.1, -0.05) is 0 Å². The van der Waals surface area contributed by atoms with Crippen LogP contribution in [0.15, 0.2) is 110 Å². The van der Waals surface area contributed by atoms with Gasteiger partial charge in [0, 0.05) is 104 Å². The Kier molecular flexibility index (Phi) is 23.4. The Morgan fingerprint density at radius 1 is 0.495 bits per heavy atom. The summed E-state index contributed by atoms with van der Waals surface area (Å²) in [6.07, 6.45) is 20.3. The van der Waals surface area contributed by atoms with E-state index in [2.05, 4.69) is 25.0 Å². The van der Waals surface area contributed by atoms with E-state index in [0.717, 1.165) is 83.0 Å². The van der Waals surface area contributed by atoms with Crippen LogP contribution in [-0.4, -0.2) is 143 Å². The average molecular weight is 1460 g/mol. The predicted molar refractivity (Wildman–Crippen MR) is 374 cm³/mol. The molecule has 5 fully saturated rings. The van der Waals surface area contributed by atoms with Gasteiger partial charge in [0.15, 0.2) is 17.3 Å². The standard InChI is InChI=1S/C31H37F2N3O6.C26H29F2N3O4.C20H17F3N2O3/c1-31(2,3)42-30(38)35-10-5-6-20(17-35)18-40-22-9-11-36-23(16-34-27(36)15-22)21-13-25(39-4)28(24(37)12-19-7-8-19)26(14-21)41-29(32)33;1-33-22-10-18(11-23(35-26(27)28)25(22)21(32)9-16-4-5-16)20-14-30-24-12-19(6-8-31(20)24)34-15-17-3-2-7-29-13-17;1-27-16-7-12(14-10-24-18-9-13(21)4-5-25(14)18)8-17(28-20(22)23)19(16)15(26)6-11-2-3-11/h9,11,13-16,19-20,29H,5-8,10,12,17-18H2,1-4H3;6,8,10-12,14,16-17,26,29H,2-5,7,9,13,15H2,1H3;4-5,7-11,20H,2-3,6H2,1H3/t20-;17-;/m00./s1. The minimum absolute atomic E-state index is 0.0123. The summed E-state index contributed by atoms with van der Waals surface area (Å²) in [6.45, 7) is 0.620. The number of benzene rings is 3. The maximum atomic E-state index is 13.4. The number of likely N-dealkylation sites (tertiary alicyclic amines) is 1. The van der Waals surface area contributed by atoms with E-state index in [9.17, 15) is 49.9 Å². The zero-order chi connectivity index (χ0) is 74.2. The molecule has 6 aromatic heterocycles. The number of ether oxygens (including phenoxy) is 9. The van der Waals surface area contributed by atoms with Gasteiger partial charge < -0.3 is 52.8 Å². The second-order valence-corrected chi connectivity index (χ2v) is 28.0. The quantitative estimate of drug-likeness (QED) is 0.0374. The number of piperidine rings is 2. The third kappa shape index (κ3) is 19.1. The molecule has 2 atom stereocenters. The fourth-order valence-electron chi connectivity index (χ4n) is 13.0. The van der Waals surface area contributed by atoms with E-state index >= 15 is 0 Å². The zero-order valence-corrected chi connectivity index (χ0v) is 59.0. The molecule has 5 aliphatic rings. The number of Topliss-reactive ketones (excluding diaryl/α,β-unsaturated/α-hetero) is 3. The Morgan fingerprint density at radius 2 is 0.876 bits per heavy atom. The number of carbonyl (C=O) groups excluding carboxylic acids is 4. The van der Waals surface area contributed by atoms with Gasteiger partial charge in [-0.05, 0) is 164 Å². The van der Waals surface area contributed by atoms with Gasteiger partial charge in [-0.2, -0.15) is 26.3 Å². The van der Waals surface area contributed by atoms with Crippen LogP contribution in [0, 0.1) is 35.4 Å². The lowest BCUT2D eigenvalue weighted by atomic mass is 9.99. The van der Waals surface area contributed by atoms with Crippen LogP contribution >= 0.6 is 0 Å². The van der Waals surface area contributed by atoms with Crippen molar-refractivity contribution in [3.05, 3.63) is 132 Å². The number of carbonyl (C=O) groups is 4. The van der Waals surface area contributed by atoms with Crippen LogP contribution in [0.1, 0.15) is 135 Å². The highest BCUT2D eigenvalue weighted by atomic mass is 19.3. The fraction of sp³-hybridized carbons (Fsp3) is 0.442. The molecule has 3 aliphatic carbocycles. The van der Waals surface area contributed by atoms with E-state index in [0.29, 0.717) is 101 Å². The molecule has 8 heterocycles. The van der Waals surface area contributed by atoms with Crippen molar-refractivity contribution in [2.45, 2.75) is 130 Å². The molecular weight excluding hydrogens is 1380 g/mol. The highest BCUT2D eigenvalue weighted by Gasteiger charge is 2.35. The second-order valence-electron chi connectivity index (χ2n) is 28.0. The molecule has 9 aromatic rings. The molecule has 3 saturated carbocycles. The molecule has 3 aromatic carbocycles. The molecule has 105 heavy (non-hydrogen) atoms. The maximum absolute atomic E-state index is 13.4. The summed E-state index contributed by atoms with van der Waals surface area (Å²) >= 11 is 0. The number of amides is 1. The molecule has 558 valence electrons. The number of hydrogen-bond donors (Lipinski definition) is 1. The number of pyridine rings is 3. The average Bonchev–Trinajstić information content (AvgIpc) is 1.50. The monoisotopic (exact) mass is 1460 g/mol. The summed E-state index contributed by atoms with van der Waals surface area (Å²) in [6, 6.07) is 19.0. The van der Waals surface area contributed by atoms with E-state index in [1.54, 1.807) is 62.6 Å². The largest absolute Gasteiger partial charge is 0.496 e. The van der Waals surface area contributed by atoms with Gasteiger partial charge in [0.2, 0.25) is 0 Å². The molecule has 14 rings (SSSR count). The number of hydrogen-bond acceptors (Lipinski definition) is 17. The number of nitrogens with zero attached hydrogens (tertiary/aromatic N) is 7. The molecule has 21 nitrogen and oxygen atoms in total. The van der Waals surface area contributed by atoms with Gasteiger partial charge in [-0.3, -0.25) is 27.6 Å². The molecule has 0 spiro atoms. The first-order chi connectivity index (χ1) is 50.5. The first kappa shape index (κ1) is 74.6. The number of nitrogens with one attached hydrogen (secondary N) is 1. The molecule has 1 amide bonds. The summed E-state index contributed by atoms with van der Waals surface area (Å²) < 4.78 is 146. The second kappa shape index (κ2) is 32.9. The van der Waals surface area contributed by atoms with Gasteiger partial charge in [0.1, 0.15) is 91.0 Å². The fourth-order valence-corrected chi connectivity index (χ4v) is 13.0. The Labute approximate surface area is 601 Å². The summed E-state index contributed by atoms with van der Waals surface area (Å²) in [7, 11) is 4.18. The van der Waals surface area contributed by atoms with Crippen molar-refractivity contribution >= 4 is 40.4 Å². The van der Waals surface area contributed by atoms with Crippen LogP contribution in [0.2, 0.25) is 0 Å². The van der Waals surface area contributed by atoms with Crippen molar-refractivity contribution in [2.24, 2.45) is 29.6 Å². The Hall–Kier alpha value is -10.1. The summed E-state index contributed by atoms with van der Waals surface area (Å²) in [5.41, 5.74) is 4.46. The third-order valence-corrected chi connectivity index (χ3v) is 18.7. The number of methoxy groups -OCH3 is 3. The maximum Gasteiger partial charge on any atom is 0.410 e. The van der Waals surface area contributed by atoms with E-state index in [-0.39, 0.29) is 105 Å². The number of halogens is 7. The van der Waals surface area contributed by atoms with Crippen LogP contribution in [0.5, 0.6) is 46.0 Å². The Bertz CT molecular complexity index is 4600. The number of fused-ring (bicyclic) bond motifs is 3. The number of rotatable bonds is 27.